The number of aromatic nitrogens is 1. The van der Waals surface area contributed by atoms with Crippen LogP contribution in [0.2, 0.25) is 0 Å². The molecule has 0 bridgehead atoms. The van der Waals surface area contributed by atoms with Crippen molar-refractivity contribution in [1.82, 2.24) is 10.3 Å². The summed E-state index contributed by atoms with van der Waals surface area (Å²) in [6.07, 6.45) is 3.98. The van der Waals surface area contributed by atoms with Crippen LogP contribution in [0.3, 0.4) is 0 Å². The van der Waals surface area contributed by atoms with Gasteiger partial charge >= 0.3 is 0 Å². The largest absolute Gasteiger partial charge is 0.497 e. The molecule has 0 fully saturated rings. The first-order chi connectivity index (χ1) is 18.5. The van der Waals surface area contributed by atoms with Crippen molar-refractivity contribution in [1.29, 1.82) is 0 Å². The summed E-state index contributed by atoms with van der Waals surface area (Å²) in [5.41, 5.74) is 8.37. The van der Waals surface area contributed by atoms with Crippen molar-refractivity contribution in [2.75, 3.05) is 32.6 Å². The normalized spacial score (nSPS) is 13.0. The summed E-state index contributed by atoms with van der Waals surface area (Å²) < 4.78 is 5.41. The van der Waals surface area contributed by atoms with Gasteiger partial charge in [-0.05, 0) is 83.1 Å². The number of nitrogens with one attached hydrogen (secondary N) is 2. The highest BCUT2D eigenvalue weighted by Crippen LogP contribution is 2.41. The number of nitrogens with zero attached hydrogens (tertiary/aromatic N) is 1. The van der Waals surface area contributed by atoms with Crippen LogP contribution < -0.4 is 15.0 Å². The van der Waals surface area contributed by atoms with E-state index in [1.165, 1.54) is 38.1 Å². The molecule has 6 rings (SSSR count). The fourth-order valence-corrected chi connectivity index (χ4v) is 6.61. The number of para-hydroxylation sites is 1. The van der Waals surface area contributed by atoms with Crippen molar-refractivity contribution in [3.8, 4) is 16.2 Å². The van der Waals surface area contributed by atoms with Gasteiger partial charge < -0.3 is 19.9 Å². The van der Waals surface area contributed by atoms with Crippen LogP contribution in [0.15, 0.2) is 79.0 Å². The summed E-state index contributed by atoms with van der Waals surface area (Å²) in [4.78, 5) is 20.9. The fourth-order valence-electron chi connectivity index (χ4n) is 5.43. The van der Waals surface area contributed by atoms with E-state index in [-0.39, 0.29) is 11.8 Å². The van der Waals surface area contributed by atoms with Gasteiger partial charge in [-0.2, -0.15) is 0 Å². The Kier molecular flexibility index (Phi) is 6.42. The van der Waals surface area contributed by atoms with Crippen molar-refractivity contribution in [3.63, 3.8) is 0 Å². The number of anilines is 1. The van der Waals surface area contributed by atoms with E-state index in [0.717, 1.165) is 34.7 Å². The summed E-state index contributed by atoms with van der Waals surface area (Å²) in [7, 11) is 5.79. The zero-order chi connectivity index (χ0) is 26.2. The monoisotopic (exact) mass is 521 g/mol. The zero-order valence-corrected chi connectivity index (χ0v) is 22.7. The zero-order valence-electron chi connectivity index (χ0n) is 21.9. The Labute approximate surface area is 227 Å². The Morgan fingerprint density at radius 3 is 2.61 bits per heavy atom. The summed E-state index contributed by atoms with van der Waals surface area (Å²) in [6.45, 7) is 0.512. The van der Waals surface area contributed by atoms with Gasteiger partial charge in [0.15, 0.2) is 0 Å². The highest BCUT2D eigenvalue weighted by Gasteiger charge is 2.24. The number of thiophene rings is 1. The van der Waals surface area contributed by atoms with Crippen molar-refractivity contribution in [2.24, 2.45) is 0 Å². The molecule has 0 saturated carbocycles. The molecule has 3 aromatic carbocycles. The number of rotatable bonds is 7. The molecule has 2 heterocycles. The second-order valence-electron chi connectivity index (χ2n) is 10.0. The molecular formula is C32H31N3O2S. The number of H-pyrrole nitrogens is 1. The van der Waals surface area contributed by atoms with Gasteiger partial charge in [0.1, 0.15) is 5.75 Å². The quantitative estimate of drug-likeness (QED) is 0.253. The molecule has 0 aliphatic heterocycles. The second kappa shape index (κ2) is 10.0. The minimum atomic E-state index is -0.0192. The first-order valence-electron chi connectivity index (χ1n) is 12.9. The molecule has 1 atom stereocenters. The van der Waals surface area contributed by atoms with Crippen LogP contribution in [0.5, 0.6) is 5.75 Å². The molecular weight excluding hydrogens is 490 g/mol. The van der Waals surface area contributed by atoms with Crippen molar-refractivity contribution in [3.05, 3.63) is 106 Å². The maximum atomic E-state index is 13.5. The highest BCUT2D eigenvalue weighted by molar-refractivity contribution is 7.17. The van der Waals surface area contributed by atoms with E-state index < -0.39 is 0 Å². The molecule has 1 amide bonds. The average molecular weight is 522 g/mol. The number of carbonyl (C=O) groups excluding carboxylic acids is 1. The molecule has 0 unspecified atom stereocenters. The second-order valence-corrected chi connectivity index (χ2v) is 11.1. The number of fused-ring (bicyclic) bond motifs is 4. The van der Waals surface area contributed by atoms with E-state index in [2.05, 4.69) is 82.1 Å². The van der Waals surface area contributed by atoms with Crippen molar-refractivity contribution in [2.45, 2.75) is 18.8 Å². The third kappa shape index (κ3) is 4.45. The number of hydrogen-bond donors (Lipinski definition) is 2. The molecule has 1 aliphatic rings. The predicted octanol–water partition coefficient (Wildman–Crippen LogP) is 6.63. The summed E-state index contributed by atoms with van der Waals surface area (Å²) in [6, 6.07) is 25.3. The Morgan fingerprint density at radius 2 is 1.82 bits per heavy atom. The summed E-state index contributed by atoms with van der Waals surface area (Å²) >= 11 is 1.59. The Balaban J connectivity index is 1.28. The Hall–Kier alpha value is -4.03. The number of hydrogen-bond acceptors (Lipinski definition) is 4. The van der Waals surface area contributed by atoms with E-state index in [1.54, 1.807) is 18.4 Å². The maximum Gasteiger partial charge on any atom is 0.261 e. The lowest BCUT2D eigenvalue weighted by atomic mass is 9.90. The van der Waals surface area contributed by atoms with Gasteiger partial charge in [-0.15, -0.1) is 11.3 Å². The molecule has 2 N–H and O–H groups in total. The molecule has 0 saturated heterocycles. The lowest BCUT2D eigenvalue weighted by Crippen LogP contribution is -2.28. The smallest absolute Gasteiger partial charge is 0.261 e. The number of aromatic amines is 1. The van der Waals surface area contributed by atoms with E-state index in [1.807, 2.05) is 26.2 Å². The van der Waals surface area contributed by atoms with Gasteiger partial charge in [-0.3, -0.25) is 4.79 Å². The van der Waals surface area contributed by atoms with Gasteiger partial charge in [-0.1, -0.05) is 30.3 Å². The number of methoxy groups -OCH3 is 1. The van der Waals surface area contributed by atoms with E-state index >= 15 is 0 Å². The Morgan fingerprint density at radius 1 is 1.03 bits per heavy atom. The minimum Gasteiger partial charge on any atom is -0.497 e. The van der Waals surface area contributed by atoms with Crippen LogP contribution in [-0.2, 0) is 12.8 Å². The van der Waals surface area contributed by atoms with Crippen LogP contribution in [-0.4, -0.2) is 38.6 Å². The minimum absolute atomic E-state index is 0.0192. The highest BCUT2D eigenvalue weighted by atomic mass is 32.1. The number of ether oxygens (including phenoxy) is 1. The first kappa shape index (κ1) is 24.3. The summed E-state index contributed by atoms with van der Waals surface area (Å²) in [5, 5.41) is 4.45. The van der Waals surface area contributed by atoms with Crippen LogP contribution in [0.25, 0.3) is 21.3 Å². The third-order valence-corrected chi connectivity index (χ3v) is 8.74. The van der Waals surface area contributed by atoms with Crippen LogP contribution in [0, 0.1) is 0 Å². The van der Waals surface area contributed by atoms with Crippen LogP contribution in [0.1, 0.15) is 37.8 Å². The Bertz CT molecular complexity index is 1610. The van der Waals surface area contributed by atoms with Gasteiger partial charge in [0.25, 0.3) is 5.91 Å². The van der Waals surface area contributed by atoms with Gasteiger partial charge in [0, 0.05) is 54.2 Å². The molecule has 0 spiro atoms. The van der Waals surface area contributed by atoms with Crippen LogP contribution >= 0.6 is 11.3 Å². The lowest BCUT2D eigenvalue weighted by Gasteiger charge is -2.20. The molecule has 2 aromatic heterocycles. The van der Waals surface area contributed by atoms with Gasteiger partial charge in [-0.25, -0.2) is 0 Å². The molecule has 5 aromatic rings. The van der Waals surface area contributed by atoms with Crippen molar-refractivity contribution < 1.29 is 9.53 Å². The molecule has 6 heteroatoms. The molecule has 192 valence electrons. The summed E-state index contributed by atoms with van der Waals surface area (Å²) in [5.74, 6) is 0.881. The first-order valence-corrected chi connectivity index (χ1v) is 13.7. The molecule has 38 heavy (non-hydrogen) atoms. The fraction of sp³-hybridized carbons (Fsp3) is 0.219. The third-order valence-electron chi connectivity index (χ3n) is 7.53. The standard InChI is InChI=1S/C32H31N3O2S/c1-35(2)23-12-10-20(11-13-23)27(28-19-33-29-7-5-4-6-26(28)29)18-34-32(36)30-17-22-9-8-21-16-24(37-3)14-15-25(21)31(22)38-30/h4-7,10-17,19,27,33H,8-9,18H2,1-3H3,(H,34,36)/t27-/m0/s1. The van der Waals surface area contributed by atoms with E-state index in [9.17, 15) is 4.79 Å². The topological polar surface area (TPSA) is 57.4 Å². The number of carbonyl (C=O) groups is 1. The molecule has 1 aliphatic carbocycles. The molecule has 0 radical (unpaired) electrons. The number of amides is 1. The van der Waals surface area contributed by atoms with Gasteiger partial charge in [0.2, 0.25) is 0 Å². The SMILES string of the molecule is COc1ccc2c(c1)CCc1cc(C(=O)NC[C@@H](c3ccc(N(C)C)cc3)c3c[nH]c4ccccc34)sc1-2. The van der Waals surface area contributed by atoms with E-state index in [0.29, 0.717) is 6.54 Å². The maximum absolute atomic E-state index is 13.5. The van der Waals surface area contributed by atoms with Gasteiger partial charge in [0.05, 0.1) is 12.0 Å². The number of benzene rings is 3. The van der Waals surface area contributed by atoms with E-state index in [4.69, 9.17) is 4.74 Å². The van der Waals surface area contributed by atoms with Crippen LogP contribution in [0.4, 0.5) is 5.69 Å². The molecule has 5 nitrogen and oxygen atoms in total. The average Bonchev–Trinajstić information content (AvgIpc) is 3.58. The lowest BCUT2D eigenvalue weighted by molar-refractivity contribution is 0.0956. The predicted molar refractivity (Wildman–Crippen MR) is 157 cm³/mol. The number of aryl methyl sites for hydroxylation is 2. The van der Waals surface area contributed by atoms with Crippen molar-refractivity contribution >= 4 is 33.8 Å².